The third-order valence-corrected chi connectivity index (χ3v) is 7.37. The molecule has 9 heteroatoms. The average molecular weight is 447 g/mol. The molecule has 0 aliphatic rings. The number of amides is 1. The highest BCUT2D eigenvalue weighted by Gasteiger charge is 2.20. The van der Waals surface area contributed by atoms with Crippen LogP contribution in [-0.4, -0.2) is 37.2 Å². The Kier molecular flexibility index (Phi) is 6.52. The summed E-state index contributed by atoms with van der Waals surface area (Å²) >= 11 is 1.26. The van der Waals surface area contributed by atoms with Gasteiger partial charge in [-0.25, -0.2) is 13.2 Å². The number of nitrogens with zero attached hydrogens (tertiary/aromatic N) is 2. The van der Waals surface area contributed by atoms with Gasteiger partial charge in [0, 0.05) is 6.54 Å². The van der Waals surface area contributed by atoms with E-state index in [1.165, 1.54) is 30.4 Å². The molecular weight excluding hydrogens is 424 g/mol. The standard InChI is InChI=1S/C21H22N2O5S2/c1-4-23-16-12-11-14(20(25)28-5-2)13-17(16)29-21(23)22-19(24)15-9-7-8-10-18(15)30(26,27)6-3/h7-13H,4-6H2,1-3H3. The van der Waals surface area contributed by atoms with Crippen LogP contribution in [-0.2, 0) is 21.1 Å². The lowest BCUT2D eigenvalue weighted by Crippen LogP contribution is -2.17. The first-order valence-electron chi connectivity index (χ1n) is 9.53. The van der Waals surface area contributed by atoms with Gasteiger partial charge in [-0.15, -0.1) is 0 Å². The zero-order chi connectivity index (χ0) is 21.9. The summed E-state index contributed by atoms with van der Waals surface area (Å²) in [7, 11) is -3.56. The van der Waals surface area contributed by atoms with Gasteiger partial charge < -0.3 is 9.30 Å². The van der Waals surface area contributed by atoms with Gasteiger partial charge in [0.15, 0.2) is 14.6 Å². The molecular formula is C21H22N2O5S2. The number of sulfone groups is 1. The van der Waals surface area contributed by atoms with Crippen molar-refractivity contribution in [1.29, 1.82) is 0 Å². The second kappa shape index (κ2) is 8.93. The number of aryl methyl sites for hydroxylation is 1. The van der Waals surface area contributed by atoms with E-state index in [4.69, 9.17) is 4.74 Å². The van der Waals surface area contributed by atoms with Crippen molar-refractivity contribution in [3.8, 4) is 0 Å². The number of carbonyl (C=O) groups excluding carboxylic acids is 2. The highest BCUT2D eigenvalue weighted by Crippen LogP contribution is 2.21. The first-order valence-corrected chi connectivity index (χ1v) is 12.0. The van der Waals surface area contributed by atoms with Crippen molar-refractivity contribution in [2.75, 3.05) is 12.4 Å². The fourth-order valence-corrected chi connectivity index (χ4v) is 5.24. The molecule has 2 aromatic carbocycles. The van der Waals surface area contributed by atoms with Crippen molar-refractivity contribution in [1.82, 2.24) is 4.57 Å². The molecule has 1 aromatic heterocycles. The molecule has 0 saturated heterocycles. The largest absolute Gasteiger partial charge is 0.462 e. The Morgan fingerprint density at radius 3 is 2.50 bits per heavy atom. The number of aromatic nitrogens is 1. The molecule has 0 aliphatic carbocycles. The Bertz CT molecular complexity index is 1290. The molecule has 0 fully saturated rings. The van der Waals surface area contributed by atoms with E-state index in [0.29, 0.717) is 16.9 Å². The molecule has 0 unspecified atom stereocenters. The lowest BCUT2D eigenvalue weighted by Gasteiger charge is -2.06. The first-order chi connectivity index (χ1) is 14.3. The number of thiazole rings is 1. The predicted molar refractivity (Wildman–Crippen MR) is 116 cm³/mol. The van der Waals surface area contributed by atoms with Gasteiger partial charge in [-0.3, -0.25) is 4.79 Å². The minimum absolute atomic E-state index is 0.0185. The number of fused-ring (bicyclic) bond motifs is 1. The molecule has 1 amide bonds. The monoisotopic (exact) mass is 446 g/mol. The van der Waals surface area contributed by atoms with Crippen LogP contribution in [0.3, 0.4) is 0 Å². The molecule has 3 rings (SSSR count). The Hall–Kier alpha value is -2.78. The van der Waals surface area contributed by atoms with Gasteiger partial charge in [-0.1, -0.05) is 30.4 Å². The SMILES string of the molecule is CCOC(=O)c1ccc2c(c1)sc(=NC(=O)c1ccccc1S(=O)(=O)CC)n2CC. The summed E-state index contributed by atoms with van der Waals surface area (Å²) in [5.74, 6) is -1.14. The fraction of sp³-hybridized carbons (Fsp3) is 0.286. The van der Waals surface area contributed by atoms with Crippen molar-refractivity contribution in [3.63, 3.8) is 0 Å². The maximum absolute atomic E-state index is 12.9. The van der Waals surface area contributed by atoms with E-state index in [9.17, 15) is 18.0 Å². The van der Waals surface area contributed by atoms with Crippen LogP contribution in [0, 0.1) is 0 Å². The summed E-state index contributed by atoms with van der Waals surface area (Å²) in [6, 6.07) is 11.3. The number of esters is 1. The lowest BCUT2D eigenvalue weighted by atomic mass is 10.2. The third kappa shape index (κ3) is 4.22. The second-order valence-electron chi connectivity index (χ2n) is 6.35. The number of rotatable bonds is 6. The van der Waals surface area contributed by atoms with Crippen LogP contribution in [0.15, 0.2) is 52.4 Å². The average Bonchev–Trinajstić information content (AvgIpc) is 3.09. The number of hydrogen-bond acceptors (Lipinski definition) is 6. The molecule has 158 valence electrons. The van der Waals surface area contributed by atoms with Crippen molar-refractivity contribution in [3.05, 3.63) is 58.4 Å². The van der Waals surface area contributed by atoms with E-state index in [-0.39, 0.29) is 22.8 Å². The lowest BCUT2D eigenvalue weighted by molar-refractivity contribution is 0.0526. The van der Waals surface area contributed by atoms with Gasteiger partial charge in [0.05, 0.1) is 38.6 Å². The summed E-state index contributed by atoms with van der Waals surface area (Å²) < 4.78 is 32.4. The van der Waals surface area contributed by atoms with E-state index in [1.807, 2.05) is 11.5 Å². The van der Waals surface area contributed by atoms with Crippen LogP contribution < -0.4 is 4.80 Å². The molecule has 30 heavy (non-hydrogen) atoms. The second-order valence-corrected chi connectivity index (χ2v) is 9.60. The zero-order valence-electron chi connectivity index (χ0n) is 16.9. The van der Waals surface area contributed by atoms with Gasteiger partial charge in [0.1, 0.15) is 0 Å². The molecule has 0 spiro atoms. The van der Waals surface area contributed by atoms with Gasteiger partial charge >= 0.3 is 5.97 Å². The van der Waals surface area contributed by atoms with E-state index in [2.05, 4.69) is 4.99 Å². The van der Waals surface area contributed by atoms with Crippen LogP contribution >= 0.6 is 11.3 Å². The Balaban J connectivity index is 2.13. The van der Waals surface area contributed by atoms with Crippen LogP contribution in [0.2, 0.25) is 0 Å². The van der Waals surface area contributed by atoms with Crippen molar-refractivity contribution in [2.45, 2.75) is 32.2 Å². The van der Waals surface area contributed by atoms with E-state index in [1.54, 1.807) is 37.3 Å². The summed E-state index contributed by atoms with van der Waals surface area (Å²) in [6.45, 7) is 6.04. The summed E-state index contributed by atoms with van der Waals surface area (Å²) in [6.07, 6.45) is 0. The highest BCUT2D eigenvalue weighted by molar-refractivity contribution is 7.91. The van der Waals surface area contributed by atoms with Crippen molar-refractivity contribution < 1.29 is 22.7 Å². The normalized spacial score (nSPS) is 12.3. The number of carbonyl (C=O) groups is 2. The molecule has 7 nitrogen and oxygen atoms in total. The smallest absolute Gasteiger partial charge is 0.338 e. The van der Waals surface area contributed by atoms with Crippen LogP contribution in [0.5, 0.6) is 0 Å². The highest BCUT2D eigenvalue weighted by atomic mass is 32.2. The van der Waals surface area contributed by atoms with E-state index >= 15 is 0 Å². The number of hydrogen-bond donors (Lipinski definition) is 0. The quantitative estimate of drug-likeness (QED) is 0.541. The van der Waals surface area contributed by atoms with Crippen LogP contribution in [0.1, 0.15) is 41.5 Å². The Morgan fingerprint density at radius 1 is 1.10 bits per heavy atom. The first kappa shape index (κ1) is 21.9. The van der Waals surface area contributed by atoms with E-state index < -0.39 is 21.7 Å². The van der Waals surface area contributed by atoms with Gasteiger partial charge in [0.2, 0.25) is 0 Å². The minimum Gasteiger partial charge on any atom is -0.462 e. The molecule has 0 N–H and O–H groups in total. The Morgan fingerprint density at radius 2 is 1.83 bits per heavy atom. The van der Waals surface area contributed by atoms with Gasteiger partial charge in [-0.05, 0) is 44.2 Å². The summed E-state index contributed by atoms with van der Waals surface area (Å²) in [4.78, 5) is 29.5. The van der Waals surface area contributed by atoms with Gasteiger partial charge in [-0.2, -0.15) is 4.99 Å². The molecule has 0 radical (unpaired) electrons. The fourth-order valence-electron chi connectivity index (χ4n) is 3.02. The molecule has 0 aliphatic heterocycles. The predicted octanol–water partition coefficient (Wildman–Crippen LogP) is 3.43. The maximum Gasteiger partial charge on any atom is 0.338 e. The molecule has 1 heterocycles. The zero-order valence-corrected chi connectivity index (χ0v) is 18.5. The number of benzene rings is 2. The molecule has 0 bridgehead atoms. The van der Waals surface area contributed by atoms with Gasteiger partial charge in [0.25, 0.3) is 5.91 Å². The molecule has 0 saturated carbocycles. The summed E-state index contributed by atoms with van der Waals surface area (Å²) in [5.41, 5.74) is 1.30. The van der Waals surface area contributed by atoms with Crippen molar-refractivity contribution in [2.24, 2.45) is 4.99 Å². The van der Waals surface area contributed by atoms with Crippen LogP contribution in [0.25, 0.3) is 10.2 Å². The minimum atomic E-state index is -3.56. The topological polar surface area (TPSA) is 94.8 Å². The molecule has 3 aromatic rings. The Labute approximate surface area is 178 Å². The van der Waals surface area contributed by atoms with Crippen LogP contribution in [0.4, 0.5) is 0 Å². The molecule has 0 atom stereocenters. The third-order valence-electron chi connectivity index (χ3n) is 4.54. The van der Waals surface area contributed by atoms with Crippen molar-refractivity contribution >= 4 is 43.3 Å². The summed E-state index contributed by atoms with van der Waals surface area (Å²) in [5, 5.41) is 0. The number of ether oxygens (including phenoxy) is 1. The maximum atomic E-state index is 12.9. The van der Waals surface area contributed by atoms with E-state index in [0.717, 1.165) is 10.2 Å².